The fourth-order valence-electron chi connectivity index (χ4n) is 2.09. The van der Waals surface area contributed by atoms with E-state index in [1.165, 1.54) is 0 Å². The van der Waals surface area contributed by atoms with Crippen LogP contribution in [0.2, 0.25) is 0 Å². The van der Waals surface area contributed by atoms with Crippen molar-refractivity contribution < 1.29 is 14.3 Å². The Morgan fingerprint density at radius 2 is 1.62 bits per heavy atom. The van der Waals surface area contributed by atoms with E-state index in [0.29, 0.717) is 6.42 Å². The van der Waals surface area contributed by atoms with E-state index in [9.17, 15) is 4.79 Å². The van der Waals surface area contributed by atoms with Gasteiger partial charge in [0, 0.05) is 39.8 Å². The number of carbonyl (C=O) groups is 1. The molecule has 0 rings (SSSR count). The summed E-state index contributed by atoms with van der Waals surface area (Å²) in [6.45, 7) is 11.0. The summed E-state index contributed by atoms with van der Waals surface area (Å²) in [5.41, 5.74) is -0.382. The summed E-state index contributed by atoms with van der Waals surface area (Å²) in [5, 5.41) is 6.56. The van der Waals surface area contributed by atoms with Crippen LogP contribution in [-0.2, 0) is 14.3 Å². The minimum Gasteiger partial charge on any atom is -0.460 e. The molecule has 0 heterocycles. The molecule has 0 saturated heterocycles. The second kappa shape index (κ2) is 14.1. The van der Waals surface area contributed by atoms with Crippen LogP contribution in [-0.4, -0.2) is 50.9 Å². The fraction of sp³-hybridized carbons (Fsp3) is 0.889. The van der Waals surface area contributed by atoms with Gasteiger partial charge >= 0.3 is 5.97 Å². The van der Waals surface area contributed by atoms with Crippen molar-refractivity contribution in [2.75, 3.05) is 33.4 Å². The van der Waals surface area contributed by atoms with Crippen LogP contribution in [0.25, 0.3) is 0 Å². The van der Waals surface area contributed by atoms with Crippen molar-refractivity contribution in [2.24, 2.45) is 4.99 Å². The smallest absolute Gasteiger partial charge is 0.306 e. The Hall–Kier alpha value is -1.30. The summed E-state index contributed by atoms with van der Waals surface area (Å²) in [6, 6.07) is 0. The molecule has 0 aromatic rings. The number of aliphatic imine (C=N–C) groups is 1. The van der Waals surface area contributed by atoms with Gasteiger partial charge in [0.2, 0.25) is 0 Å². The summed E-state index contributed by atoms with van der Waals surface area (Å²) in [5.74, 6) is 0.734. The molecule has 0 spiro atoms. The predicted molar refractivity (Wildman–Crippen MR) is 99.4 cm³/mol. The van der Waals surface area contributed by atoms with Gasteiger partial charge in [0.25, 0.3) is 0 Å². The minimum atomic E-state index is -0.382. The Kier molecular flexibility index (Phi) is 13.3. The molecule has 0 aliphatic heterocycles. The van der Waals surface area contributed by atoms with Crippen LogP contribution in [0.1, 0.15) is 66.2 Å². The second-order valence-electron chi connectivity index (χ2n) is 6.73. The molecule has 0 saturated carbocycles. The maximum atomic E-state index is 11.6. The molecule has 2 N–H and O–H groups in total. The number of hydrogen-bond donors (Lipinski definition) is 2. The molecule has 0 aliphatic rings. The van der Waals surface area contributed by atoms with Gasteiger partial charge in [-0.2, -0.15) is 0 Å². The number of carbonyl (C=O) groups excluding carboxylic acids is 1. The van der Waals surface area contributed by atoms with E-state index in [-0.39, 0.29) is 11.6 Å². The van der Waals surface area contributed by atoms with Gasteiger partial charge in [0.1, 0.15) is 5.60 Å². The number of ether oxygens (including phenoxy) is 2. The van der Waals surface area contributed by atoms with Crippen LogP contribution in [0.5, 0.6) is 0 Å². The van der Waals surface area contributed by atoms with Gasteiger partial charge in [0.05, 0.1) is 0 Å². The molecule has 0 radical (unpaired) electrons. The highest BCUT2D eigenvalue weighted by Crippen LogP contribution is 2.10. The van der Waals surface area contributed by atoms with Gasteiger partial charge in [-0.1, -0.05) is 12.8 Å². The van der Waals surface area contributed by atoms with Crippen molar-refractivity contribution in [3.05, 3.63) is 0 Å². The summed E-state index contributed by atoms with van der Waals surface area (Å²) in [6.07, 6.45) is 5.57. The lowest BCUT2D eigenvalue weighted by molar-refractivity contribution is -0.154. The maximum Gasteiger partial charge on any atom is 0.306 e. The quantitative estimate of drug-likeness (QED) is 0.247. The third-order valence-corrected chi connectivity index (χ3v) is 3.21. The van der Waals surface area contributed by atoms with E-state index in [0.717, 1.165) is 64.4 Å². The molecule has 0 bridgehead atoms. The number of nitrogens with zero attached hydrogens (tertiary/aromatic N) is 1. The summed E-state index contributed by atoms with van der Waals surface area (Å²) in [7, 11) is 1.78. The Balaban J connectivity index is 3.52. The van der Waals surface area contributed by atoms with Crippen LogP contribution in [0.15, 0.2) is 4.99 Å². The molecular formula is C18H37N3O3. The molecule has 0 fully saturated rings. The van der Waals surface area contributed by atoms with Gasteiger partial charge in [-0.15, -0.1) is 0 Å². The molecule has 0 amide bonds. The van der Waals surface area contributed by atoms with Gasteiger partial charge < -0.3 is 20.1 Å². The monoisotopic (exact) mass is 343 g/mol. The predicted octanol–water partition coefficient (Wildman–Crippen LogP) is 2.87. The average molecular weight is 344 g/mol. The van der Waals surface area contributed by atoms with Crippen molar-refractivity contribution in [1.82, 2.24) is 10.6 Å². The van der Waals surface area contributed by atoms with Gasteiger partial charge in [-0.05, 0) is 47.0 Å². The highest BCUT2D eigenvalue weighted by molar-refractivity contribution is 5.79. The molecule has 0 aromatic heterocycles. The van der Waals surface area contributed by atoms with Gasteiger partial charge in [-0.3, -0.25) is 9.79 Å². The molecule has 142 valence electrons. The van der Waals surface area contributed by atoms with E-state index >= 15 is 0 Å². The standard InChI is InChI=1S/C18H37N3O3/c1-6-23-15-11-14-21-17(19-5)20-13-10-8-7-9-12-16(22)24-18(2,3)4/h6-15H2,1-5H3,(H2,19,20,21). The highest BCUT2D eigenvalue weighted by Gasteiger charge is 2.15. The molecule has 0 aliphatic carbocycles. The van der Waals surface area contributed by atoms with E-state index < -0.39 is 0 Å². The van der Waals surface area contributed by atoms with Crippen LogP contribution in [0.3, 0.4) is 0 Å². The topological polar surface area (TPSA) is 72.0 Å². The number of hydrogen-bond acceptors (Lipinski definition) is 4. The van der Waals surface area contributed by atoms with E-state index in [1.807, 2.05) is 27.7 Å². The Bertz CT molecular complexity index is 352. The first kappa shape index (κ1) is 22.7. The zero-order chi connectivity index (χ0) is 18.3. The number of nitrogens with one attached hydrogen (secondary N) is 2. The molecule has 24 heavy (non-hydrogen) atoms. The lowest BCUT2D eigenvalue weighted by Gasteiger charge is -2.19. The maximum absolute atomic E-state index is 11.6. The third kappa shape index (κ3) is 15.6. The number of unbranched alkanes of at least 4 members (excludes halogenated alkanes) is 3. The lowest BCUT2D eigenvalue weighted by atomic mass is 10.1. The largest absolute Gasteiger partial charge is 0.460 e. The molecular weight excluding hydrogens is 306 g/mol. The fourth-order valence-corrected chi connectivity index (χ4v) is 2.09. The number of guanidine groups is 1. The summed E-state index contributed by atoms with van der Waals surface area (Å²) in [4.78, 5) is 15.8. The summed E-state index contributed by atoms with van der Waals surface area (Å²) < 4.78 is 10.6. The van der Waals surface area contributed by atoms with Crippen LogP contribution < -0.4 is 10.6 Å². The molecule has 0 aromatic carbocycles. The van der Waals surface area contributed by atoms with Crippen molar-refractivity contribution in [2.45, 2.75) is 71.8 Å². The third-order valence-electron chi connectivity index (χ3n) is 3.21. The van der Waals surface area contributed by atoms with Crippen LogP contribution >= 0.6 is 0 Å². The first-order valence-corrected chi connectivity index (χ1v) is 9.13. The van der Waals surface area contributed by atoms with Gasteiger partial charge in [0.15, 0.2) is 5.96 Å². The first-order chi connectivity index (χ1) is 11.4. The van der Waals surface area contributed by atoms with Gasteiger partial charge in [-0.25, -0.2) is 0 Å². The van der Waals surface area contributed by atoms with Crippen LogP contribution in [0, 0.1) is 0 Å². The minimum absolute atomic E-state index is 0.0997. The zero-order valence-electron chi connectivity index (χ0n) is 16.2. The van der Waals surface area contributed by atoms with Crippen molar-refractivity contribution in [1.29, 1.82) is 0 Å². The molecule has 6 heteroatoms. The number of esters is 1. The SMILES string of the molecule is CCOCCCNC(=NC)NCCCCCCC(=O)OC(C)(C)C. The van der Waals surface area contributed by atoms with E-state index in [4.69, 9.17) is 9.47 Å². The molecule has 0 atom stereocenters. The van der Waals surface area contributed by atoms with Crippen molar-refractivity contribution >= 4 is 11.9 Å². The second-order valence-corrected chi connectivity index (χ2v) is 6.73. The zero-order valence-corrected chi connectivity index (χ0v) is 16.2. The molecule has 0 unspecified atom stereocenters. The van der Waals surface area contributed by atoms with Crippen molar-refractivity contribution in [3.8, 4) is 0 Å². The van der Waals surface area contributed by atoms with Crippen molar-refractivity contribution in [3.63, 3.8) is 0 Å². The molecule has 6 nitrogen and oxygen atoms in total. The Labute approximate surface area is 147 Å². The highest BCUT2D eigenvalue weighted by atomic mass is 16.6. The first-order valence-electron chi connectivity index (χ1n) is 9.13. The summed E-state index contributed by atoms with van der Waals surface area (Å²) >= 11 is 0. The Morgan fingerprint density at radius 1 is 1.00 bits per heavy atom. The Morgan fingerprint density at radius 3 is 2.21 bits per heavy atom. The normalized spacial score (nSPS) is 12.1. The number of rotatable bonds is 12. The van der Waals surface area contributed by atoms with E-state index in [2.05, 4.69) is 15.6 Å². The van der Waals surface area contributed by atoms with E-state index in [1.54, 1.807) is 7.05 Å². The van der Waals surface area contributed by atoms with Crippen LogP contribution in [0.4, 0.5) is 0 Å². The lowest BCUT2D eigenvalue weighted by Crippen LogP contribution is -2.38. The average Bonchev–Trinajstić information content (AvgIpc) is 2.50.